The largest absolute Gasteiger partial charge is 0.493 e. The maximum absolute atomic E-state index is 6.36. The molecule has 2 N–H and O–H groups in total. The molecule has 2 rings (SSSR count). The maximum Gasteiger partial charge on any atom is 0.166 e. The number of hydrogen-bond donors (Lipinski definition) is 1. The van der Waals surface area contributed by atoms with E-state index in [0.717, 1.165) is 29.9 Å². The molecule has 0 saturated heterocycles. The highest BCUT2D eigenvalue weighted by atomic mass is 35.5. The van der Waals surface area contributed by atoms with Crippen molar-refractivity contribution in [1.29, 1.82) is 0 Å². The zero-order valence-corrected chi connectivity index (χ0v) is 13.3. The molecule has 0 unspecified atom stereocenters. The van der Waals surface area contributed by atoms with Gasteiger partial charge in [0.05, 0.1) is 13.2 Å². The normalized spacial score (nSPS) is 16.4. The quantitative estimate of drug-likeness (QED) is 0.895. The molecule has 0 heterocycles. The van der Waals surface area contributed by atoms with Gasteiger partial charge in [-0.1, -0.05) is 11.6 Å². The SMILES string of the molecule is COc1ccc(Cl)c(CC(C)(C)N)c1OC1CCCC1. The van der Waals surface area contributed by atoms with Crippen LogP contribution in [0.1, 0.15) is 45.1 Å². The average molecular weight is 298 g/mol. The molecule has 112 valence electrons. The summed E-state index contributed by atoms with van der Waals surface area (Å²) in [6.07, 6.45) is 5.58. The Labute approximate surface area is 126 Å². The van der Waals surface area contributed by atoms with Gasteiger partial charge in [0.2, 0.25) is 0 Å². The van der Waals surface area contributed by atoms with Crippen LogP contribution < -0.4 is 15.2 Å². The summed E-state index contributed by atoms with van der Waals surface area (Å²) in [5.41, 5.74) is 6.76. The Hall–Kier alpha value is -0.930. The van der Waals surface area contributed by atoms with Crippen LogP contribution in [-0.4, -0.2) is 18.8 Å². The highest BCUT2D eigenvalue weighted by Crippen LogP contribution is 2.39. The van der Waals surface area contributed by atoms with Gasteiger partial charge in [0, 0.05) is 16.1 Å². The van der Waals surface area contributed by atoms with Crippen molar-refractivity contribution < 1.29 is 9.47 Å². The molecule has 0 atom stereocenters. The van der Waals surface area contributed by atoms with E-state index >= 15 is 0 Å². The molecule has 1 aliphatic carbocycles. The minimum Gasteiger partial charge on any atom is -0.493 e. The molecule has 0 radical (unpaired) electrons. The summed E-state index contributed by atoms with van der Waals surface area (Å²) in [4.78, 5) is 0. The molecule has 1 aromatic rings. The van der Waals surface area contributed by atoms with Gasteiger partial charge in [-0.05, 0) is 58.1 Å². The summed E-state index contributed by atoms with van der Waals surface area (Å²) in [6.45, 7) is 3.98. The fourth-order valence-corrected chi connectivity index (χ4v) is 2.88. The van der Waals surface area contributed by atoms with E-state index in [-0.39, 0.29) is 11.6 Å². The highest BCUT2D eigenvalue weighted by Gasteiger charge is 2.24. The monoisotopic (exact) mass is 297 g/mol. The van der Waals surface area contributed by atoms with Crippen molar-refractivity contribution in [2.75, 3.05) is 7.11 Å². The third kappa shape index (κ3) is 3.80. The Balaban J connectivity index is 2.35. The van der Waals surface area contributed by atoms with E-state index in [1.54, 1.807) is 7.11 Å². The van der Waals surface area contributed by atoms with Crippen molar-refractivity contribution in [2.24, 2.45) is 5.73 Å². The Morgan fingerprint density at radius 2 is 1.95 bits per heavy atom. The van der Waals surface area contributed by atoms with Gasteiger partial charge in [-0.25, -0.2) is 0 Å². The Morgan fingerprint density at radius 3 is 2.50 bits per heavy atom. The minimum atomic E-state index is -0.343. The minimum absolute atomic E-state index is 0.266. The standard InChI is InChI=1S/C16H24ClNO2/c1-16(2,18)10-12-13(17)8-9-14(19-3)15(12)20-11-6-4-5-7-11/h8-9,11H,4-7,10,18H2,1-3H3. The molecule has 1 fully saturated rings. The first-order chi connectivity index (χ1) is 9.40. The summed E-state index contributed by atoms with van der Waals surface area (Å²) in [5, 5.41) is 0.692. The average Bonchev–Trinajstić information content (AvgIpc) is 2.85. The summed E-state index contributed by atoms with van der Waals surface area (Å²) >= 11 is 6.36. The predicted molar refractivity (Wildman–Crippen MR) is 82.9 cm³/mol. The van der Waals surface area contributed by atoms with Gasteiger partial charge in [0.25, 0.3) is 0 Å². The lowest BCUT2D eigenvalue weighted by Crippen LogP contribution is -2.34. The van der Waals surface area contributed by atoms with Crippen LogP contribution in [0.5, 0.6) is 11.5 Å². The molecule has 0 aromatic heterocycles. The van der Waals surface area contributed by atoms with Gasteiger partial charge in [-0.2, -0.15) is 0 Å². The van der Waals surface area contributed by atoms with Crippen molar-refractivity contribution >= 4 is 11.6 Å². The van der Waals surface area contributed by atoms with Crippen LogP contribution in [0.15, 0.2) is 12.1 Å². The van der Waals surface area contributed by atoms with Gasteiger partial charge in [0.1, 0.15) is 0 Å². The number of benzene rings is 1. The third-order valence-electron chi connectivity index (χ3n) is 3.61. The number of halogens is 1. The van der Waals surface area contributed by atoms with Gasteiger partial charge < -0.3 is 15.2 Å². The fraction of sp³-hybridized carbons (Fsp3) is 0.625. The van der Waals surface area contributed by atoms with Crippen molar-refractivity contribution in [2.45, 2.75) is 57.6 Å². The number of nitrogens with two attached hydrogens (primary N) is 1. The van der Waals surface area contributed by atoms with Crippen LogP contribution in [0, 0.1) is 0 Å². The van der Waals surface area contributed by atoms with E-state index in [1.165, 1.54) is 12.8 Å². The van der Waals surface area contributed by atoms with E-state index in [2.05, 4.69) is 0 Å². The van der Waals surface area contributed by atoms with Crippen LogP contribution in [0.4, 0.5) is 0 Å². The molecule has 3 nitrogen and oxygen atoms in total. The zero-order valence-electron chi connectivity index (χ0n) is 12.5. The lowest BCUT2D eigenvalue weighted by atomic mass is 9.95. The van der Waals surface area contributed by atoms with Crippen LogP contribution >= 0.6 is 11.6 Å². The molecule has 0 spiro atoms. The van der Waals surface area contributed by atoms with Gasteiger partial charge in [-0.15, -0.1) is 0 Å². The molecule has 1 aromatic carbocycles. The molecule has 20 heavy (non-hydrogen) atoms. The van der Waals surface area contributed by atoms with Crippen molar-refractivity contribution in [3.8, 4) is 11.5 Å². The molecule has 0 amide bonds. The van der Waals surface area contributed by atoms with E-state index < -0.39 is 0 Å². The summed E-state index contributed by atoms with van der Waals surface area (Å²) in [5.74, 6) is 1.51. The second-order valence-corrected chi connectivity index (χ2v) is 6.65. The molecule has 0 aliphatic heterocycles. The van der Waals surface area contributed by atoms with Crippen molar-refractivity contribution in [1.82, 2.24) is 0 Å². The van der Waals surface area contributed by atoms with Crippen LogP contribution in [0.2, 0.25) is 5.02 Å². The lowest BCUT2D eigenvalue weighted by Gasteiger charge is -2.24. The Morgan fingerprint density at radius 1 is 1.30 bits per heavy atom. The van der Waals surface area contributed by atoms with Gasteiger partial charge in [-0.3, -0.25) is 0 Å². The molecular weight excluding hydrogens is 274 g/mol. The number of methoxy groups -OCH3 is 1. The Bertz CT molecular complexity index is 462. The Kier molecular flexibility index (Phi) is 4.82. The molecule has 0 bridgehead atoms. The fourth-order valence-electron chi connectivity index (χ4n) is 2.67. The highest BCUT2D eigenvalue weighted by molar-refractivity contribution is 6.31. The number of hydrogen-bond acceptors (Lipinski definition) is 3. The van der Waals surface area contributed by atoms with E-state index in [4.69, 9.17) is 26.8 Å². The summed E-state index contributed by atoms with van der Waals surface area (Å²) < 4.78 is 11.6. The number of rotatable bonds is 5. The zero-order chi connectivity index (χ0) is 14.8. The second kappa shape index (κ2) is 6.23. The lowest BCUT2D eigenvalue weighted by molar-refractivity contribution is 0.198. The van der Waals surface area contributed by atoms with Crippen molar-refractivity contribution in [3.05, 3.63) is 22.7 Å². The van der Waals surface area contributed by atoms with E-state index in [9.17, 15) is 0 Å². The summed E-state index contributed by atoms with van der Waals surface area (Å²) in [7, 11) is 1.65. The topological polar surface area (TPSA) is 44.5 Å². The smallest absolute Gasteiger partial charge is 0.166 e. The van der Waals surface area contributed by atoms with Crippen molar-refractivity contribution in [3.63, 3.8) is 0 Å². The van der Waals surface area contributed by atoms with E-state index in [0.29, 0.717) is 11.4 Å². The summed E-state index contributed by atoms with van der Waals surface area (Å²) in [6, 6.07) is 3.71. The van der Waals surface area contributed by atoms with Crippen LogP contribution in [-0.2, 0) is 6.42 Å². The van der Waals surface area contributed by atoms with Gasteiger partial charge in [0.15, 0.2) is 11.5 Å². The molecule has 1 saturated carbocycles. The first-order valence-electron chi connectivity index (χ1n) is 7.21. The molecule has 1 aliphatic rings. The van der Waals surface area contributed by atoms with Crippen LogP contribution in [0.3, 0.4) is 0 Å². The molecular formula is C16H24ClNO2. The van der Waals surface area contributed by atoms with E-state index in [1.807, 2.05) is 26.0 Å². The second-order valence-electron chi connectivity index (χ2n) is 6.25. The first-order valence-corrected chi connectivity index (χ1v) is 7.59. The van der Waals surface area contributed by atoms with Crippen LogP contribution in [0.25, 0.3) is 0 Å². The third-order valence-corrected chi connectivity index (χ3v) is 3.96. The maximum atomic E-state index is 6.36. The number of ether oxygens (including phenoxy) is 2. The van der Waals surface area contributed by atoms with Gasteiger partial charge >= 0.3 is 0 Å². The first kappa shape index (κ1) is 15.5. The predicted octanol–water partition coefficient (Wildman–Crippen LogP) is 3.95. The molecule has 4 heteroatoms.